The molecule has 2 heterocycles. The lowest BCUT2D eigenvalue weighted by Crippen LogP contribution is -2.03. The summed E-state index contributed by atoms with van der Waals surface area (Å²) in [4.78, 5) is 28.7. The van der Waals surface area contributed by atoms with Crippen LogP contribution in [0.3, 0.4) is 0 Å². The van der Waals surface area contributed by atoms with Gasteiger partial charge in [0.1, 0.15) is 17.0 Å². The van der Waals surface area contributed by atoms with Gasteiger partial charge in [-0.15, -0.1) is 12.8 Å². The van der Waals surface area contributed by atoms with E-state index < -0.39 is 0 Å². The van der Waals surface area contributed by atoms with Crippen LogP contribution >= 0.6 is 0 Å². The minimum atomic E-state index is 0.493. The van der Waals surface area contributed by atoms with Crippen LogP contribution in [0.15, 0.2) is 220 Å². The lowest BCUT2D eigenvalue weighted by molar-refractivity contribution is 0.669. The molecule has 0 amide bonds. The summed E-state index contributed by atoms with van der Waals surface area (Å²) in [5, 5.41) is 2.10. The molecule has 0 spiro atoms. The molecular weight excluding hydrogens is 785 g/mol. The predicted molar refractivity (Wildman–Crippen MR) is 266 cm³/mol. The molecule has 7 heteroatoms. The highest BCUT2D eigenvalue weighted by molar-refractivity contribution is 6.08. The Hall–Kier alpha value is -8.60. The zero-order chi connectivity index (χ0) is 44.1. The van der Waals surface area contributed by atoms with E-state index in [0.717, 1.165) is 72.0 Å². The Balaban J connectivity index is 0.00000276. The number of allylic oxidation sites excluding steroid dienone is 3. The monoisotopic (exact) mass is 828 g/mol. The maximum atomic E-state index is 6.33. The molecule has 0 atom stereocenters. The van der Waals surface area contributed by atoms with Crippen molar-refractivity contribution >= 4 is 45.9 Å². The van der Waals surface area contributed by atoms with E-state index in [0.29, 0.717) is 42.1 Å². The molecule has 64 heavy (non-hydrogen) atoms. The Morgan fingerprint density at radius 1 is 0.562 bits per heavy atom. The van der Waals surface area contributed by atoms with Gasteiger partial charge in [0.25, 0.3) is 0 Å². The minimum absolute atomic E-state index is 0.493. The third-order valence-corrected chi connectivity index (χ3v) is 10.6. The van der Waals surface area contributed by atoms with Crippen LogP contribution < -0.4 is 0 Å². The largest absolute Gasteiger partial charge is 0.456 e. The van der Waals surface area contributed by atoms with Gasteiger partial charge in [-0.05, 0) is 65.7 Å². The van der Waals surface area contributed by atoms with Crippen LogP contribution in [0.4, 0.5) is 0 Å². The fraction of sp³-hybridized carbons (Fsp3) is 0.0526. The number of furan rings is 1. The van der Waals surface area contributed by atoms with Crippen LogP contribution in [-0.4, -0.2) is 33.3 Å². The lowest BCUT2D eigenvalue weighted by Gasteiger charge is -2.09. The summed E-state index contributed by atoms with van der Waals surface area (Å²) in [5.41, 5.74) is 10.8. The number of benzene rings is 7. The molecule has 0 saturated carbocycles. The molecule has 7 aromatic carbocycles. The van der Waals surface area contributed by atoms with Gasteiger partial charge in [-0.3, -0.25) is 4.99 Å². The first-order chi connectivity index (χ1) is 31.6. The van der Waals surface area contributed by atoms with Crippen molar-refractivity contribution in [3.8, 4) is 58.1 Å². The second-order valence-corrected chi connectivity index (χ2v) is 14.7. The van der Waals surface area contributed by atoms with Crippen LogP contribution in [0.25, 0.3) is 72.8 Å². The summed E-state index contributed by atoms with van der Waals surface area (Å²) in [5.74, 6) is 3.11. The van der Waals surface area contributed by atoms with Gasteiger partial charge < -0.3 is 4.42 Å². The second-order valence-electron chi connectivity index (χ2n) is 14.7. The van der Waals surface area contributed by atoms with E-state index in [-0.39, 0.29) is 0 Å². The molecule has 0 radical (unpaired) electrons. The van der Waals surface area contributed by atoms with E-state index in [1.807, 2.05) is 122 Å². The molecular formula is C57H44N6O. The molecule has 0 fully saturated rings. The number of nitrogens with zero attached hydrogens (tertiary/aromatic N) is 6. The Labute approximate surface area is 373 Å². The summed E-state index contributed by atoms with van der Waals surface area (Å²) in [7, 11) is 0. The summed E-state index contributed by atoms with van der Waals surface area (Å²) in [6.07, 6.45) is 14.8. The molecule has 0 N–H and O–H groups in total. The van der Waals surface area contributed by atoms with Gasteiger partial charge in [0.15, 0.2) is 23.3 Å². The van der Waals surface area contributed by atoms with Crippen molar-refractivity contribution in [3.05, 3.63) is 217 Å². The Kier molecular flexibility index (Phi) is 13.4. The van der Waals surface area contributed by atoms with Gasteiger partial charge in [-0.2, -0.15) is 0 Å². The van der Waals surface area contributed by atoms with Crippen molar-refractivity contribution in [2.24, 2.45) is 15.0 Å². The van der Waals surface area contributed by atoms with Gasteiger partial charge in [0, 0.05) is 39.4 Å². The molecule has 7 nitrogen and oxygen atoms in total. The fourth-order valence-electron chi connectivity index (χ4n) is 7.33. The standard InChI is InChI=1S/C55H42N6O.C2H2/c1-3-39(25-16-26-51(56-2)58-52(41-19-10-5-11-20-41)57-37-38-17-8-4-9-18-38)45-31-33-49-47(35-45)48-36-46(32-34-50(48)62-49)40-27-29-44(30-28-40)55-60-53(42-21-12-6-13-22-42)59-54(61-55)43-23-14-7-15-24-43;1-2/h3-25,27-36H,2,26,37H2,1H3;1-2H/b25-16-,39-3+,57-52?,58-51?;. The Morgan fingerprint density at radius 3 is 1.64 bits per heavy atom. The summed E-state index contributed by atoms with van der Waals surface area (Å²) in [6, 6.07) is 61.3. The van der Waals surface area contributed by atoms with Gasteiger partial charge in [0.2, 0.25) is 0 Å². The highest BCUT2D eigenvalue weighted by Crippen LogP contribution is 2.35. The van der Waals surface area contributed by atoms with Gasteiger partial charge in [-0.25, -0.2) is 24.9 Å². The lowest BCUT2D eigenvalue weighted by atomic mass is 9.99. The molecule has 2 aromatic heterocycles. The van der Waals surface area contributed by atoms with E-state index in [4.69, 9.17) is 29.4 Å². The maximum Gasteiger partial charge on any atom is 0.164 e. The quantitative estimate of drug-likeness (QED) is 0.0562. The van der Waals surface area contributed by atoms with Crippen molar-refractivity contribution in [2.45, 2.75) is 19.9 Å². The third kappa shape index (κ3) is 9.79. The first-order valence-electron chi connectivity index (χ1n) is 20.9. The highest BCUT2D eigenvalue weighted by atomic mass is 16.3. The van der Waals surface area contributed by atoms with Crippen molar-refractivity contribution in [2.75, 3.05) is 0 Å². The Morgan fingerprint density at radius 2 is 1.06 bits per heavy atom. The number of rotatable bonds is 11. The minimum Gasteiger partial charge on any atom is -0.456 e. The average molecular weight is 829 g/mol. The van der Waals surface area contributed by atoms with Crippen molar-refractivity contribution in [1.29, 1.82) is 0 Å². The number of fused-ring (bicyclic) bond motifs is 3. The molecule has 0 aliphatic rings. The van der Waals surface area contributed by atoms with Crippen molar-refractivity contribution in [3.63, 3.8) is 0 Å². The summed E-state index contributed by atoms with van der Waals surface area (Å²) >= 11 is 0. The Bertz CT molecular complexity index is 3110. The number of aromatic nitrogens is 3. The number of hydrogen-bond donors (Lipinski definition) is 0. The second kappa shape index (κ2) is 20.3. The normalized spacial score (nSPS) is 12.0. The van der Waals surface area contributed by atoms with E-state index in [9.17, 15) is 0 Å². The molecule has 308 valence electrons. The van der Waals surface area contributed by atoms with Crippen LogP contribution in [-0.2, 0) is 6.54 Å². The molecule has 0 saturated heterocycles. The molecule has 0 aliphatic carbocycles. The van der Waals surface area contributed by atoms with Crippen LogP contribution in [0.1, 0.15) is 30.0 Å². The summed E-state index contributed by atoms with van der Waals surface area (Å²) < 4.78 is 6.33. The molecule has 9 rings (SSSR count). The number of aliphatic imine (C=N–C) groups is 3. The SMILES string of the molecule is C#C.C=NC(C/C=C\C(=C/C)c1ccc2oc3ccc(-c4ccc(-c5nc(-c6ccccc6)nc(-c6ccccc6)n5)cc4)cc3c2c1)=NC(=NCc1ccccc1)c1ccccc1. The fourth-order valence-corrected chi connectivity index (χ4v) is 7.33. The van der Waals surface area contributed by atoms with Crippen LogP contribution in [0.5, 0.6) is 0 Å². The van der Waals surface area contributed by atoms with Gasteiger partial charge in [-0.1, -0.05) is 176 Å². The molecule has 0 bridgehead atoms. The smallest absolute Gasteiger partial charge is 0.164 e. The summed E-state index contributed by atoms with van der Waals surface area (Å²) in [6.45, 7) is 6.40. The van der Waals surface area contributed by atoms with E-state index >= 15 is 0 Å². The third-order valence-electron chi connectivity index (χ3n) is 10.6. The van der Waals surface area contributed by atoms with Gasteiger partial charge >= 0.3 is 0 Å². The van der Waals surface area contributed by atoms with Gasteiger partial charge in [0.05, 0.1) is 6.54 Å². The predicted octanol–water partition coefficient (Wildman–Crippen LogP) is 13.8. The average Bonchev–Trinajstić information content (AvgIpc) is 3.75. The first kappa shape index (κ1) is 42.1. The molecule has 0 unspecified atom stereocenters. The number of hydrogen-bond acceptors (Lipinski definition) is 5. The molecule has 9 aromatic rings. The van der Waals surface area contributed by atoms with Crippen LogP contribution in [0, 0.1) is 12.8 Å². The topological polar surface area (TPSA) is 88.9 Å². The zero-order valence-corrected chi connectivity index (χ0v) is 35.4. The van der Waals surface area contributed by atoms with E-state index in [2.05, 4.69) is 110 Å². The number of amidine groups is 2. The first-order valence-corrected chi connectivity index (χ1v) is 20.9. The van der Waals surface area contributed by atoms with Crippen molar-refractivity contribution < 1.29 is 4.42 Å². The number of terminal acetylenes is 1. The van der Waals surface area contributed by atoms with Crippen LogP contribution in [0.2, 0.25) is 0 Å². The maximum absolute atomic E-state index is 6.33. The highest BCUT2D eigenvalue weighted by Gasteiger charge is 2.14. The zero-order valence-electron chi connectivity index (χ0n) is 35.4. The van der Waals surface area contributed by atoms with Crippen molar-refractivity contribution in [1.82, 2.24) is 15.0 Å². The molecule has 0 aliphatic heterocycles. The van der Waals surface area contributed by atoms with E-state index in [1.54, 1.807) is 0 Å². The van der Waals surface area contributed by atoms with E-state index in [1.165, 1.54) is 0 Å².